The molecule has 80 valence electrons. The van der Waals surface area contributed by atoms with Gasteiger partial charge in [0, 0.05) is 10.9 Å². The second kappa shape index (κ2) is 3.21. The number of nitrogens with two attached hydrogens (primary N) is 1. The van der Waals surface area contributed by atoms with Gasteiger partial charge in [0.2, 0.25) is 0 Å². The van der Waals surface area contributed by atoms with Crippen LogP contribution in [0.2, 0.25) is 0 Å². The molecule has 4 N–H and O–H groups in total. The molecule has 6 heteroatoms. The topological polar surface area (TPSA) is 87.6 Å². The molecule has 5 nitrogen and oxygen atoms in total. The zero-order chi connectivity index (χ0) is 11.1. The molecule has 1 aromatic carbocycles. The molecule has 0 radical (unpaired) electrons. The minimum atomic E-state index is -0.203. The van der Waals surface area contributed by atoms with Crippen molar-refractivity contribution < 1.29 is 0 Å². The van der Waals surface area contributed by atoms with Crippen LogP contribution in [0.5, 0.6) is 0 Å². The number of hydrogen-bond donors (Lipinski definition) is 3. The maximum absolute atomic E-state index is 11.1. The standard InChI is InChI=1S/C10H8N4OS/c11-8-4-16-9(14-8)5-1-2-6-7(3-5)13-10(15)12-6/h1-4H,11H2,(H2,12,13,15). The number of nitrogens with zero attached hydrogens (tertiary/aromatic N) is 1. The van der Waals surface area contributed by atoms with E-state index in [0.717, 1.165) is 21.6 Å². The van der Waals surface area contributed by atoms with E-state index in [2.05, 4.69) is 15.0 Å². The van der Waals surface area contributed by atoms with Crippen molar-refractivity contribution >= 4 is 28.2 Å². The first-order valence-corrected chi connectivity index (χ1v) is 5.54. The Kier molecular flexibility index (Phi) is 1.84. The summed E-state index contributed by atoms with van der Waals surface area (Å²) in [6.45, 7) is 0. The Morgan fingerprint density at radius 1 is 1.25 bits per heavy atom. The van der Waals surface area contributed by atoms with Gasteiger partial charge in [-0.1, -0.05) is 0 Å². The molecular weight excluding hydrogens is 224 g/mol. The molecule has 0 spiro atoms. The van der Waals surface area contributed by atoms with Gasteiger partial charge in [-0.3, -0.25) is 0 Å². The number of benzene rings is 1. The third-order valence-electron chi connectivity index (χ3n) is 2.28. The van der Waals surface area contributed by atoms with Crippen molar-refractivity contribution in [3.63, 3.8) is 0 Å². The summed E-state index contributed by atoms with van der Waals surface area (Å²) in [5.41, 5.74) is 7.88. The number of hydrogen-bond acceptors (Lipinski definition) is 4. The van der Waals surface area contributed by atoms with E-state index in [9.17, 15) is 4.79 Å². The Morgan fingerprint density at radius 3 is 2.81 bits per heavy atom. The molecule has 0 aliphatic heterocycles. The summed E-state index contributed by atoms with van der Waals surface area (Å²) >= 11 is 1.48. The highest BCUT2D eigenvalue weighted by Crippen LogP contribution is 2.26. The fraction of sp³-hybridized carbons (Fsp3) is 0. The molecule has 0 aliphatic rings. The monoisotopic (exact) mass is 232 g/mol. The minimum Gasteiger partial charge on any atom is -0.383 e. The van der Waals surface area contributed by atoms with E-state index in [4.69, 9.17) is 5.73 Å². The number of thiazole rings is 1. The molecule has 0 unspecified atom stereocenters. The maximum atomic E-state index is 11.1. The molecule has 0 bridgehead atoms. The number of nitrogens with one attached hydrogen (secondary N) is 2. The Morgan fingerprint density at radius 2 is 2.06 bits per heavy atom. The van der Waals surface area contributed by atoms with E-state index in [1.807, 2.05) is 18.2 Å². The summed E-state index contributed by atoms with van der Waals surface area (Å²) in [5, 5.41) is 2.64. The zero-order valence-corrected chi connectivity index (χ0v) is 8.97. The average molecular weight is 232 g/mol. The second-order valence-electron chi connectivity index (χ2n) is 3.42. The van der Waals surface area contributed by atoms with E-state index in [1.165, 1.54) is 11.3 Å². The van der Waals surface area contributed by atoms with Gasteiger partial charge in [-0.15, -0.1) is 11.3 Å². The van der Waals surface area contributed by atoms with Crippen molar-refractivity contribution in [1.82, 2.24) is 15.0 Å². The number of aromatic nitrogens is 3. The lowest BCUT2D eigenvalue weighted by Gasteiger charge is -1.95. The highest BCUT2D eigenvalue weighted by atomic mass is 32.1. The summed E-state index contributed by atoms with van der Waals surface area (Å²) in [7, 11) is 0. The van der Waals surface area contributed by atoms with E-state index >= 15 is 0 Å². The van der Waals surface area contributed by atoms with Crippen LogP contribution in [0, 0.1) is 0 Å². The van der Waals surface area contributed by atoms with E-state index in [0.29, 0.717) is 5.82 Å². The third-order valence-corrected chi connectivity index (χ3v) is 3.19. The molecule has 3 aromatic rings. The van der Waals surface area contributed by atoms with Crippen molar-refractivity contribution in [1.29, 1.82) is 0 Å². The summed E-state index contributed by atoms with van der Waals surface area (Å²) in [6.07, 6.45) is 0. The summed E-state index contributed by atoms with van der Waals surface area (Å²) in [5.74, 6) is 0.516. The lowest BCUT2D eigenvalue weighted by molar-refractivity contribution is 1.22. The first-order chi connectivity index (χ1) is 7.72. The van der Waals surface area contributed by atoms with Crippen molar-refractivity contribution in [2.24, 2.45) is 0 Å². The van der Waals surface area contributed by atoms with Gasteiger partial charge in [-0.2, -0.15) is 0 Å². The van der Waals surface area contributed by atoms with E-state index in [-0.39, 0.29) is 5.69 Å². The van der Waals surface area contributed by atoms with Crippen LogP contribution in [-0.4, -0.2) is 15.0 Å². The van der Waals surface area contributed by atoms with Crippen LogP contribution in [0.25, 0.3) is 21.6 Å². The van der Waals surface area contributed by atoms with E-state index < -0.39 is 0 Å². The first kappa shape index (κ1) is 9.17. The van der Waals surface area contributed by atoms with Gasteiger partial charge in [0.15, 0.2) is 0 Å². The highest BCUT2D eigenvalue weighted by Gasteiger charge is 2.05. The van der Waals surface area contributed by atoms with Crippen molar-refractivity contribution in [3.8, 4) is 10.6 Å². The average Bonchev–Trinajstić information content (AvgIpc) is 2.81. The fourth-order valence-electron chi connectivity index (χ4n) is 1.58. The SMILES string of the molecule is Nc1csc(-c2ccc3[nH]c(=O)[nH]c3c2)n1. The second-order valence-corrected chi connectivity index (χ2v) is 4.28. The van der Waals surface area contributed by atoms with Crippen LogP contribution in [-0.2, 0) is 0 Å². The Balaban J connectivity index is 2.21. The van der Waals surface area contributed by atoms with Crippen LogP contribution >= 0.6 is 11.3 Å². The fourth-order valence-corrected chi connectivity index (χ4v) is 2.29. The van der Waals surface area contributed by atoms with Crippen LogP contribution in [0.15, 0.2) is 28.4 Å². The summed E-state index contributed by atoms with van der Waals surface area (Å²) in [6, 6.07) is 5.63. The van der Waals surface area contributed by atoms with Gasteiger partial charge in [0.1, 0.15) is 10.8 Å². The van der Waals surface area contributed by atoms with Crippen LogP contribution in [0.4, 0.5) is 5.82 Å². The summed E-state index contributed by atoms with van der Waals surface area (Å²) < 4.78 is 0. The molecule has 0 fully saturated rings. The van der Waals surface area contributed by atoms with Gasteiger partial charge >= 0.3 is 5.69 Å². The molecule has 2 aromatic heterocycles. The summed E-state index contributed by atoms with van der Waals surface area (Å²) in [4.78, 5) is 20.7. The largest absolute Gasteiger partial charge is 0.383 e. The van der Waals surface area contributed by atoms with Crippen molar-refractivity contribution in [2.45, 2.75) is 0 Å². The van der Waals surface area contributed by atoms with Crippen molar-refractivity contribution in [3.05, 3.63) is 34.1 Å². The Bertz CT molecular complexity index is 709. The van der Waals surface area contributed by atoms with E-state index in [1.54, 1.807) is 5.38 Å². The molecule has 16 heavy (non-hydrogen) atoms. The van der Waals surface area contributed by atoms with Crippen LogP contribution < -0.4 is 11.4 Å². The van der Waals surface area contributed by atoms with Gasteiger partial charge in [0.25, 0.3) is 0 Å². The van der Waals surface area contributed by atoms with Crippen molar-refractivity contribution in [2.75, 3.05) is 5.73 Å². The van der Waals surface area contributed by atoms with Gasteiger partial charge < -0.3 is 15.7 Å². The maximum Gasteiger partial charge on any atom is 0.323 e. The molecule has 0 atom stereocenters. The predicted octanol–water partition coefficient (Wildman–Crippen LogP) is 1.56. The third kappa shape index (κ3) is 1.40. The quantitative estimate of drug-likeness (QED) is 0.595. The normalized spacial score (nSPS) is 11.0. The smallest absolute Gasteiger partial charge is 0.323 e. The molecule has 0 amide bonds. The molecule has 2 heterocycles. The highest BCUT2D eigenvalue weighted by molar-refractivity contribution is 7.13. The number of H-pyrrole nitrogens is 2. The zero-order valence-electron chi connectivity index (χ0n) is 8.15. The van der Waals surface area contributed by atoms with Gasteiger partial charge in [0.05, 0.1) is 11.0 Å². The first-order valence-electron chi connectivity index (χ1n) is 4.66. The lowest BCUT2D eigenvalue weighted by atomic mass is 10.2. The number of fused-ring (bicyclic) bond motifs is 1. The minimum absolute atomic E-state index is 0.203. The van der Waals surface area contributed by atoms with Crippen LogP contribution in [0.1, 0.15) is 0 Å². The Hall–Kier alpha value is -2.08. The molecular formula is C10H8N4OS. The molecule has 3 rings (SSSR count). The number of nitrogen functional groups attached to an aromatic ring is 1. The molecule has 0 saturated carbocycles. The van der Waals surface area contributed by atoms with Gasteiger partial charge in [-0.05, 0) is 18.2 Å². The molecule has 0 aliphatic carbocycles. The number of anilines is 1. The number of rotatable bonds is 1. The number of aromatic amines is 2. The lowest BCUT2D eigenvalue weighted by Crippen LogP contribution is -1.99. The number of imidazole rings is 1. The van der Waals surface area contributed by atoms with Gasteiger partial charge in [-0.25, -0.2) is 9.78 Å². The van der Waals surface area contributed by atoms with Crippen LogP contribution in [0.3, 0.4) is 0 Å². The molecule has 0 saturated heterocycles. The predicted molar refractivity (Wildman–Crippen MR) is 64.4 cm³/mol. The Labute approximate surface area is 94.0 Å².